The monoisotopic (exact) mass is 292 g/mol. The van der Waals surface area contributed by atoms with Crippen LogP contribution in [0, 0.1) is 11.8 Å². The van der Waals surface area contributed by atoms with Crippen molar-refractivity contribution in [1.82, 2.24) is 20.2 Å². The molecule has 0 radical (unpaired) electrons. The molecule has 1 aromatic rings. The fourth-order valence-corrected chi connectivity index (χ4v) is 2.54. The number of hydrogen-bond donors (Lipinski definition) is 2. The largest absolute Gasteiger partial charge is 0.353 e. The van der Waals surface area contributed by atoms with Crippen molar-refractivity contribution in [2.24, 2.45) is 11.8 Å². The molecule has 1 saturated heterocycles. The second-order valence-corrected chi connectivity index (χ2v) is 4.63. The molecule has 1 aromatic heterocycles. The topological polar surface area (TPSA) is 59.0 Å². The first kappa shape index (κ1) is 15.3. The number of aromatic nitrogens is 2. The predicted molar refractivity (Wildman–Crippen MR) is 73.1 cm³/mol. The number of rotatable bonds is 4. The molecule has 2 heterocycles. The third-order valence-electron chi connectivity index (χ3n) is 3.58. The zero-order chi connectivity index (χ0) is 11.0. The normalized spacial score (nSPS) is 27.7. The molecular formula is C11H18Cl2N4O. The number of nitrogens with zero attached hydrogens (tertiary/aromatic N) is 2. The average molecular weight is 293 g/mol. The molecule has 18 heavy (non-hydrogen) atoms. The summed E-state index contributed by atoms with van der Waals surface area (Å²) in [6.45, 7) is 2.85. The van der Waals surface area contributed by atoms with Gasteiger partial charge in [-0.05, 0) is 11.8 Å². The van der Waals surface area contributed by atoms with Crippen LogP contribution in [0.5, 0.6) is 0 Å². The van der Waals surface area contributed by atoms with Gasteiger partial charge in [-0.3, -0.25) is 4.79 Å². The SMILES string of the molecule is Cl.Cl.O=C(CCn1ccnc1)NC1C2CNCC21. The average Bonchev–Trinajstić information content (AvgIpc) is 2.80. The summed E-state index contributed by atoms with van der Waals surface area (Å²) in [6, 6.07) is 0.441. The van der Waals surface area contributed by atoms with Crippen LogP contribution >= 0.6 is 24.8 Å². The first-order valence-corrected chi connectivity index (χ1v) is 5.80. The number of nitrogens with one attached hydrogen (secondary N) is 2. The Hall–Kier alpha value is -0.780. The molecule has 1 amide bonds. The number of amides is 1. The molecular weight excluding hydrogens is 275 g/mol. The van der Waals surface area contributed by atoms with E-state index in [1.807, 2.05) is 10.8 Å². The Morgan fingerprint density at radius 3 is 2.72 bits per heavy atom. The maximum atomic E-state index is 11.7. The summed E-state index contributed by atoms with van der Waals surface area (Å²) in [6.07, 6.45) is 5.89. The van der Waals surface area contributed by atoms with Gasteiger partial charge in [-0.15, -0.1) is 24.8 Å². The Morgan fingerprint density at radius 1 is 1.39 bits per heavy atom. The smallest absolute Gasteiger partial charge is 0.222 e. The number of aryl methyl sites for hydroxylation is 1. The van der Waals surface area contributed by atoms with Gasteiger partial charge in [0.1, 0.15) is 0 Å². The van der Waals surface area contributed by atoms with Gasteiger partial charge in [0, 0.05) is 44.5 Å². The molecule has 102 valence electrons. The maximum Gasteiger partial charge on any atom is 0.222 e. The van der Waals surface area contributed by atoms with Gasteiger partial charge in [0.25, 0.3) is 0 Å². The van der Waals surface area contributed by atoms with Crippen LogP contribution in [0.15, 0.2) is 18.7 Å². The highest BCUT2D eigenvalue weighted by Crippen LogP contribution is 2.41. The molecule has 0 bridgehead atoms. The van der Waals surface area contributed by atoms with Crippen molar-refractivity contribution in [1.29, 1.82) is 0 Å². The van der Waals surface area contributed by atoms with E-state index < -0.39 is 0 Å². The molecule has 1 aliphatic carbocycles. The number of halogens is 2. The first-order chi connectivity index (χ1) is 7.84. The summed E-state index contributed by atoms with van der Waals surface area (Å²) in [5.41, 5.74) is 0. The Morgan fingerprint density at radius 2 is 2.11 bits per heavy atom. The van der Waals surface area contributed by atoms with Crippen molar-refractivity contribution < 1.29 is 4.79 Å². The van der Waals surface area contributed by atoms with Crippen LogP contribution in [0.1, 0.15) is 6.42 Å². The number of piperidine rings is 1. The Bertz CT molecular complexity index is 374. The van der Waals surface area contributed by atoms with Crippen molar-refractivity contribution in [3.05, 3.63) is 18.7 Å². The predicted octanol–water partition coefficient (Wildman–Crippen LogP) is 0.451. The highest BCUT2D eigenvalue weighted by molar-refractivity contribution is 5.85. The lowest BCUT2D eigenvalue weighted by Gasteiger charge is -2.07. The van der Waals surface area contributed by atoms with E-state index in [1.165, 1.54) is 0 Å². The number of carbonyl (C=O) groups is 1. The minimum Gasteiger partial charge on any atom is -0.353 e. The van der Waals surface area contributed by atoms with Gasteiger partial charge in [-0.25, -0.2) is 4.98 Å². The lowest BCUT2D eigenvalue weighted by molar-refractivity contribution is -0.121. The van der Waals surface area contributed by atoms with E-state index in [4.69, 9.17) is 0 Å². The van der Waals surface area contributed by atoms with Gasteiger partial charge in [0.05, 0.1) is 6.33 Å². The van der Waals surface area contributed by atoms with E-state index in [0.29, 0.717) is 30.8 Å². The number of imidazole rings is 1. The van der Waals surface area contributed by atoms with Crippen molar-refractivity contribution >= 4 is 30.7 Å². The molecule has 2 fully saturated rings. The van der Waals surface area contributed by atoms with E-state index >= 15 is 0 Å². The fraction of sp³-hybridized carbons (Fsp3) is 0.636. The van der Waals surface area contributed by atoms with Gasteiger partial charge >= 0.3 is 0 Å². The molecule has 3 rings (SSSR count). The molecule has 0 aromatic carbocycles. The summed E-state index contributed by atoms with van der Waals surface area (Å²) in [4.78, 5) is 15.6. The van der Waals surface area contributed by atoms with Crippen molar-refractivity contribution in [3.63, 3.8) is 0 Å². The Balaban J connectivity index is 0.000000810. The maximum absolute atomic E-state index is 11.7. The zero-order valence-electron chi connectivity index (χ0n) is 9.91. The summed E-state index contributed by atoms with van der Waals surface area (Å²) in [7, 11) is 0. The second-order valence-electron chi connectivity index (χ2n) is 4.63. The highest BCUT2D eigenvalue weighted by Gasteiger charge is 2.53. The van der Waals surface area contributed by atoms with Gasteiger partial charge < -0.3 is 15.2 Å². The van der Waals surface area contributed by atoms with Crippen LogP contribution in [0.2, 0.25) is 0 Å². The third-order valence-corrected chi connectivity index (χ3v) is 3.58. The molecule has 2 atom stereocenters. The molecule has 0 spiro atoms. The van der Waals surface area contributed by atoms with E-state index in [9.17, 15) is 4.79 Å². The van der Waals surface area contributed by atoms with E-state index in [1.54, 1.807) is 12.5 Å². The van der Waals surface area contributed by atoms with Gasteiger partial charge in [0.15, 0.2) is 0 Å². The molecule has 1 saturated carbocycles. The molecule has 1 aliphatic heterocycles. The second kappa shape index (κ2) is 6.41. The van der Waals surface area contributed by atoms with Crippen molar-refractivity contribution in [2.75, 3.05) is 13.1 Å². The Kier molecular flexibility index (Phi) is 5.44. The molecule has 2 N–H and O–H groups in total. The van der Waals surface area contributed by atoms with E-state index in [0.717, 1.165) is 13.1 Å². The standard InChI is InChI=1S/C11H16N4O.2ClH/c16-10(1-3-15-4-2-12-7-15)14-11-8-5-13-6-9(8)11;;/h2,4,7-9,11,13H,1,3,5-6H2,(H,14,16);2*1H. The quantitative estimate of drug-likeness (QED) is 0.847. The van der Waals surface area contributed by atoms with Gasteiger partial charge in [-0.2, -0.15) is 0 Å². The summed E-state index contributed by atoms with van der Waals surface area (Å²) in [5.74, 6) is 1.54. The van der Waals surface area contributed by atoms with Crippen LogP contribution in [0.25, 0.3) is 0 Å². The summed E-state index contributed by atoms with van der Waals surface area (Å²) in [5, 5.41) is 6.42. The van der Waals surface area contributed by atoms with E-state index in [2.05, 4.69) is 15.6 Å². The van der Waals surface area contributed by atoms with Crippen molar-refractivity contribution in [3.8, 4) is 0 Å². The van der Waals surface area contributed by atoms with Crippen LogP contribution in [-0.2, 0) is 11.3 Å². The van der Waals surface area contributed by atoms with Crippen LogP contribution < -0.4 is 10.6 Å². The van der Waals surface area contributed by atoms with Crippen LogP contribution in [-0.4, -0.2) is 34.6 Å². The van der Waals surface area contributed by atoms with Crippen molar-refractivity contribution in [2.45, 2.75) is 19.0 Å². The van der Waals surface area contributed by atoms with E-state index in [-0.39, 0.29) is 30.7 Å². The minimum absolute atomic E-state index is 0. The lowest BCUT2D eigenvalue weighted by Crippen LogP contribution is -2.32. The van der Waals surface area contributed by atoms with Crippen LogP contribution in [0.4, 0.5) is 0 Å². The lowest BCUT2D eigenvalue weighted by atomic mass is 10.3. The minimum atomic E-state index is 0. The fourth-order valence-electron chi connectivity index (χ4n) is 2.54. The highest BCUT2D eigenvalue weighted by atomic mass is 35.5. The van der Waals surface area contributed by atoms with Gasteiger partial charge in [-0.1, -0.05) is 0 Å². The molecule has 7 heteroatoms. The number of carbonyl (C=O) groups excluding carboxylic acids is 1. The first-order valence-electron chi connectivity index (χ1n) is 5.80. The zero-order valence-corrected chi connectivity index (χ0v) is 11.5. The molecule has 2 aliphatic rings. The summed E-state index contributed by atoms with van der Waals surface area (Å²) < 4.78 is 1.93. The van der Waals surface area contributed by atoms with Crippen LogP contribution in [0.3, 0.4) is 0 Å². The summed E-state index contributed by atoms with van der Waals surface area (Å²) >= 11 is 0. The van der Waals surface area contributed by atoms with Gasteiger partial charge in [0.2, 0.25) is 5.91 Å². The molecule has 2 unspecified atom stereocenters. The Labute approximate surface area is 119 Å². The molecule has 5 nitrogen and oxygen atoms in total. The third kappa shape index (κ3) is 3.16. The number of hydrogen-bond acceptors (Lipinski definition) is 3. The number of fused-ring (bicyclic) bond motifs is 1.